The summed E-state index contributed by atoms with van der Waals surface area (Å²) in [4.78, 5) is 33.4. The zero-order valence-corrected chi connectivity index (χ0v) is 15.9. The largest absolute Gasteiger partial charge is 0.345 e. The highest BCUT2D eigenvalue weighted by atomic mass is 16.2. The average molecular weight is 356 g/mol. The van der Waals surface area contributed by atoms with Crippen molar-refractivity contribution in [1.29, 1.82) is 0 Å². The van der Waals surface area contributed by atoms with Gasteiger partial charge in [0.05, 0.1) is 11.0 Å². The molecule has 3 rings (SSSR count). The second-order valence-electron chi connectivity index (χ2n) is 7.10. The average Bonchev–Trinajstić information content (AvgIpc) is 3.15. The smallest absolute Gasteiger partial charge is 0.242 e. The van der Waals surface area contributed by atoms with Crippen LogP contribution < -0.4 is 0 Å². The quantitative estimate of drug-likeness (QED) is 0.766. The maximum atomic E-state index is 12.9. The summed E-state index contributed by atoms with van der Waals surface area (Å²) < 4.78 is 2.02. The van der Waals surface area contributed by atoms with Crippen molar-refractivity contribution >= 4 is 22.8 Å². The Labute approximate surface area is 154 Å². The molecular formula is C20H28N4O2. The molecule has 2 aromatic rings. The zero-order valence-electron chi connectivity index (χ0n) is 15.9. The van der Waals surface area contributed by atoms with E-state index in [1.165, 1.54) is 0 Å². The van der Waals surface area contributed by atoms with Crippen LogP contribution in [0.15, 0.2) is 24.3 Å². The molecule has 0 radical (unpaired) electrons. The molecular weight excluding hydrogens is 328 g/mol. The van der Waals surface area contributed by atoms with Gasteiger partial charge in [0.1, 0.15) is 12.4 Å². The van der Waals surface area contributed by atoms with E-state index in [0.717, 1.165) is 42.8 Å². The molecule has 1 aliphatic heterocycles. The fraction of sp³-hybridized carbons (Fsp3) is 0.550. The molecule has 1 aromatic heterocycles. The third-order valence-electron chi connectivity index (χ3n) is 5.02. The van der Waals surface area contributed by atoms with E-state index in [2.05, 4.69) is 13.8 Å². The normalized spacial score (nSPS) is 17.3. The van der Waals surface area contributed by atoms with Crippen LogP contribution in [0.25, 0.3) is 11.0 Å². The minimum atomic E-state index is 0.0403. The van der Waals surface area contributed by atoms with Crippen LogP contribution in [0.5, 0.6) is 0 Å². The number of aromatic nitrogens is 2. The summed E-state index contributed by atoms with van der Waals surface area (Å²) in [5, 5.41) is 0. The van der Waals surface area contributed by atoms with Crippen molar-refractivity contribution in [2.45, 2.75) is 45.6 Å². The molecule has 1 unspecified atom stereocenters. The summed E-state index contributed by atoms with van der Waals surface area (Å²) in [5.41, 5.74) is 1.85. The molecule has 0 spiro atoms. The lowest BCUT2D eigenvalue weighted by Crippen LogP contribution is -2.35. The van der Waals surface area contributed by atoms with Crippen molar-refractivity contribution in [2.24, 2.45) is 0 Å². The summed E-state index contributed by atoms with van der Waals surface area (Å²) in [6.45, 7) is 6.68. The van der Waals surface area contributed by atoms with Gasteiger partial charge in [-0.1, -0.05) is 26.0 Å². The molecule has 0 N–H and O–H groups in total. The van der Waals surface area contributed by atoms with Gasteiger partial charge in [-0.2, -0.15) is 0 Å². The van der Waals surface area contributed by atoms with E-state index in [1.807, 2.05) is 40.8 Å². The van der Waals surface area contributed by atoms with E-state index >= 15 is 0 Å². The molecule has 6 heteroatoms. The van der Waals surface area contributed by atoms with Crippen molar-refractivity contribution in [3.8, 4) is 0 Å². The number of carbonyl (C=O) groups excluding carboxylic acids is 2. The molecule has 2 amide bonds. The second kappa shape index (κ2) is 7.89. The Kier molecular flexibility index (Phi) is 5.59. The minimum absolute atomic E-state index is 0.0403. The Hall–Kier alpha value is -2.37. The predicted octanol–water partition coefficient (Wildman–Crippen LogP) is 2.63. The number of hydrogen-bond acceptors (Lipinski definition) is 3. The van der Waals surface area contributed by atoms with Crippen molar-refractivity contribution < 1.29 is 9.59 Å². The number of imidazole rings is 1. The van der Waals surface area contributed by atoms with Crippen LogP contribution >= 0.6 is 0 Å². The second-order valence-corrected chi connectivity index (χ2v) is 7.10. The van der Waals surface area contributed by atoms with Crippen LogP contribution in [0.4, 0.5) is 0 Å². The number of rotatable bonds is 7. The lowest BCUT2D eigenvalue weighted by Gasteiger charge is -2.23. The van der Waals surface area contributed by atoms with Crippen molar-refractivity contribution in [2.75, 3.05) is 26.7 Å². The first kappa shape index (κ1) is 18.4. The molecule has 1 fully saturated rings. The first-order valence-corrected chi connectivity index (χ1v) is 9.52. The highest BCUT2D eigenvalue weighted by molar-refractivity contribution is 5.83. The Morgan fingerprint density at radius 2 is 1.92 bits per heavy atom. The molecule has 1 aromatic carbocycles. The van der Waals surface area contributed by atoms with Gasteiger partial charge in [0.2, 0.25) is 11.8 Å². The fourth-order valence-corrected chi connectivity index (χ4v) is 3.74. The lowest BCUT2D eigenvalue weighted by atomic mass is 10.1. The van der Waals surface area contributed by atoms with Gasteiger partial charge in [0, 0.05) is 39.0 Å². The van der Waals surface area contributed by atoms with Crippen LogP contribution in [-0.4, -0.2) is 57.8 Å². The number of carbonyl (C=O) groups is 2. The fourth-order valence-electron chi connectivity index (χ4n) is 3.74. The number of benzene rings is 1. The van der Waals surface area contributed by atoms with Crippen molar-refractivity contribution in [3.05, 3.63) is 30.1 Å². The lowest BCUT2D eigenvalue weighted by molar-refractivity contribution is -0.132. The van der Waals surface area contributed by atoms with Crippen LogP contribution in [0.2, 0.25) is 0 Å². The summed E-state index contributed by atoms with van der Waals surface area (Å²) in [5.74, 6) is 1.15. The van der Waals surface area contributed by atoms with Gasteiger partial charge in [-0.15, -0.1) is 0 Å². The Balaban J connectivity index is 1.94. The van der Waals surface area contributed by atoms with Gasteiger partial charge >= 0.3 is 0 Å². The van der Waals surface area contributed by atoms with Crippen LogP contribution in [-0.2, 0) is 16.1 Å². The number of hydrogen-bond donors (Lipinski definition) is 0. The Morgan fingerprint density at radius 1 is 1.23 bits per heavy atom. The summed E-state index contributed by atoms with van der Waals surface area (Å²) in [6.07, 6.45) is 2.36. The maximum Gasteiger partial charge on any atom is 0.242 e. The monoisotopic (exact) mass is 356 g/mol. The van der Waals surface area contributed by atoms with E-state index in [-0.39, 0.29) is 24.3 Å². The van der Waals surface area contributed by atoms with Crippen LogP contribution in [0.1, 0.15) is 44.9 Å². The molecule has 26 heavy (non-hydrogen) atoms. The highest BCUT2D eigenvalue weighted by Gasteiger charge is 2.32. The molecule has 0 bridgehead atoms. The minimum Gasteiger partial charge on any atom is -0.345 e. The van der Waals surface area contributed by atoms with Crippen LogP contribution in [0, 0.1) is 0 Å². The molecule has 0 saturated carbocycles. The standard InChI is InChI=1S/C20H28N4O2/c1-4-10-23(11-5-2)19(26)14-24-17-9-7-6-8-16(17)21-20(24)15-12-18(25)22(3)13-15/h6-9,15H,4-5,10-14H2,1-3H3. The van der Waals surface area contributed by atoms with Gasteiger partial charge in [0.25, 0.3) is 0 Å². The molecule has 2 heterocycles. The predicted molar refractivity (Wildman–Crippen MR) is 102 cm³/mol. The van der Waals surface area contributed by atoms with Gasteiger partial charge in [0.15, 0.2) is 0 Å². The van der Waals surface area contributed by atoms with Crippen LogP contribution in [0.3, 0.4) is 0 Å². The van der Waals surface area contributed by atoms with Gasteiger partial charge in [-0.05, 0) is 25.0 Å². The molecule has 1 saturated heterocycles. The topological polar surface area (TPSA) is 58.4 Å². The molecule has 6 nitrogen and oxygen atoms in total. The Morgan fingerprint density at radius 3 is 2.54 bits per heavy atom. The highest BCUT2D eigenvalue weighted by Crippen LogP contribution is 2.29. The van der Waals surface area contributed by atoms with Gasteiger partial charge in [-0.3, -0.25) is 9.59 Å². The summed E-state index contributed by atoms with van der Waals surface area (Å²) in [7, 11) is 1.82. The molecule has 1 aliphatic rings. The van der Waals surface area contributed by atoms with E-state index < -0.39 is 0 Å². The number of likely N-dealkylation sites (tertiary alicyclic amines) is 1. The number of likely N-dealkylation sites (N-methyl/N-ethyl adjacent to an activating group) is 1. The number of fused-ring (bicyclic) bond motifs is 1. The van der Waals surface area contributed by atoms with Gasteiger partial charge < -0.3 is 14.4 Å². The third kappa shape index (κ3) is 3.59. The number of amides is 2. The summed E-state index contributed by atoms with van der Waals surface area (Å²) in [6, 6.07) is 7.90. The van der Waals surface area contributed by atoms with Crippen molar-refractivity contribution in [3.63, 3.8) is 0 Å². The van der Waals surface area contributed by atoms with Gasteiger partial charge in [-0.25, -0.2) is 4.98 Å². The number of para-hydroxylation sites is 2. The maximum absolute atomic E-state index is 12.9. The first-order chi connectivity index (χ1) is 12.5. The Bertz CT molecular complexity index is 792. The molecule has 0 aliphatic carbocycles. The van der Waals surface area contributed by atoms with E-state index in [4.69, 9.17) is 4.98 Å². The first-order valence-electron chi connectivity index (χ1n) is 9.52. The summed E-state index contributed by atoms with van der Waals surface area (Å²) >= 11 is 0. The zero-order chi connectivity index (χ0) is 18.7. The van der Waals surface area contributed by atoms with E-state index in [1.54, 1.807) is 4.90 Å². The molecule has 140 valence electrons. The van der Waals surface area contributed by atoms with E-state index in [9.17, 15) is 9.59 Å². The molecule has 1 atom stereocenters. The number of nitrogens with zero attached hydrogens (tertiary/aromatic N) is 4. The third-order valence-corrected chi connectivity index (χ3v) is 5.02. The SMILES string of the molecule is CCCN(CCC)C(=O)Cn1c(C2CC(=O)N(C)C2)nc2ccccc21. The van der Waals surface area contributed by atoms with E-state index in [0.29, 0.717) is 13.0 Å². The van der Waals surface area contributed by atoms with Crippen molar-refractivity contribution in [1.82, 2.24) is 19.4 Å².